The second-order valence-electron chi connectivity index (χ2n) is 7.95. The monoisotopic (exact) mass is 310 g/mol. The lowest BCUT2D eigenvalue weighted by molar-refractivity contribution is 0.585. The van der Waals surface area contributed by atoms with Crippen molar-refractivity contribution in [1.29, 1.82) is 0 Å². The molecule has 2 heterocycles. The Balaban J connectivity index is 2.47. The molecule has 0 amide bonds. The number of hydrogen-bond acceptors (Lipinski definition) is 2. The van der Waals surface area contributed by atoms with Gasteiger partial charge in [0.05, 0.1) is 11.4 Å². The van der Waals surface area contributed by atoms with Gasteiger partial charge in [-0.2, -0.15) is 0 Å². The van der Waals surface area contributed by atoms with E-state index in [0.717, 1.165) is 12.1 Å². The van der Waals surface area contributed by atoms with E-state index in [-0.39, 0.29) is 5.41 Å². The van der Waals surface area contributed by atoms with Gasteiger partial charge in [0.2, 0.25) is 0 Å². The fourth-order valence-electron chi connectivity index (χ4n) is 3.78. The summed E-state index contributed by atoms with van der Waals surface area (Å²) >= 11 is 0. The van der Waals surface area contributed by atoms with Gasteiger partial charge in [0.25, 0.3) is 0 Å². The summed E-state index contributed by atoms with van der Waals surface area (Å²) in [4.78, 5) is 9.86. The Morgan fingerprint density at radius 3 is 2.45 bits per heavy atom. The summed E-state index contributed by atoms with van der Waals surface area (Å²) in [6.45, 7) is 16.2. The Morgan fingerprint density at radius 1 is 1.18 bits per heavy atom. The summed E-state index contributed by atoms with van der Waals surface area (Å²) in [5.74, 6) is 0. The average molecular weight is 311 g/mol. The van der Waals surface area contributed by atoms with E-state index in [2.05, 4.69) is 64.5 Å². The van der Waals surface area contributed by atoms with E-state index < -0.39 is 8.07 Å². The fraction of sp³-hybridized carbons (Fsp3) is 0.474. The molecular formula is C19H26N2Si. The molecule has 0 bridgehead atoms. The smallest absolute Gasteiger partial charge is 0.101 e. The quantitative estimate of drug-likeness (QED) is 0.755. The van der Waals surface area contributed by atoms with Crippen LogP contribution in [-0.2, 0) is 5.41 Å². The first-order chi connectivity index (χ1) is 10.2. The molecule has 3 rings (SSSR count). The van der Waals surface area contributed by atoms with Crippen molar-refractivity contribution in [3.05, 3.63) is 35.3 Å². The molecule has 0 saturated carbocycles. The molecule has 2 aromatic heterocycles. The average Bonchev–Trinajstić information content (AvgIpc) is 2.43. The summed E-state index contributed by atoms with van der Waals surface area (Å²) in [7, 11) is -1.45. The molecule has 116 valence electrons. The van der Waals surface area contributed by atoms with Crippen LogP contribution in [0.5, 0.6) is 0 Å². The second kappa shape index (κ2) is 4.75. The SMILES string of the molecule is CCC1=C(C)c2nccc3cc([Si](C)(C)C)nc(c23)C1(C)C. The molecule has 0 radical (unpaired) electrons. The van der Waals surface area contributed by atoms with Crippen molar-refractivity contribution in [2.45, 2.75) is 59.2 Å². The van der Waals surface area contributed by atoms with Crippen molar-refractivity contribution < 1.29 is 0 Å². The Bertz CT molecular complexity index is 795. The van der Waals surface area contributed by atoms with Crippen molar-refractivity contribution >= 4 is 29.7 Å². The zero-order chi connectivity index (χ0) is 16.3. The van der Waals surface area contributed by atoms with E-state index in [0.29, 0.717) is 0 Å². The van der Waals surface area contributed by atoms with Crippen molar-refractivity contribution in [2.75, 3.05) is 0 Å². The van der Waals surface area contributed by atoms with Gasteiger partial charge in [0.15, 0.2) is 0 Å². The van der Waals surface area contributed by atoms with Gasteiger partial charge in [-0.15, -0.1) is 0 Å². The summed E-state index contributed by atoms with van der Waals surface area (Å²) in [6, 6.07) is 4.45. The summed E-state index contributed by atoms with van der Waals surface area (Å²) in [6.07, 6.45) is 3.00. The summed E-state index contributed by atoms with van der Waals surface area (Å²) in [5, 5.41) is 3.87. The van der Waals surface area contributed by atoms with Crippen LogP contribution in [0.4, 0.5) is 0 Å². The van der Waals surface area contributed by atoms with Crippen LogP contribution in [0.2, 0.25) is 19.6 Å². The maximum atomic E-state index is 5.18. The highest BCUT2D eigenvalue weighted by Crippen LogP contribution is 2.45. The van der Waals surface area contributed by atoms with Gasteiger partial charge in [-0.25, -0.2) is 0 Å². The minimum absolute atomic E-state index is 0.0111. The van der Waals surface area contributed by atoms with Crippen LogP contribution in [0, 0.1) is 0 Å². The first-order valence-electron chi connectivity index (χ1n) is 8.19. The maximum Gasteiger partial charge on any atom is 0.101 e. The first-order valence-corrected chi connectivity index (χ1v) is 11.7. The van der Waals surface area contributed by atoms with E-state index in [1.54, 1.807) is 0 Å². The molecule has 0 fully saturated rings. The van der Waals surface area contributed by atoms with Gasteiger partial charge in [0.1, 0.15) is 8.07 Å². The van der Waals surface area contributed by atoms with Gasteiger partial charge >= 0.3 is 0 Å². The number of pyridine rings is 2. The van der Waals surface area contributed by atoms with E-state index in [4.69, 9.17) is 4.98 Å². The largest absolute Gasteiger partial charge is 0.261 e. The summed E-state index contributed by atoms with van der Waals surface area (Å²) < 4.78 is 0. The molecule has 2 aromatic rings. The first kappa shape index (κ1) is 15.4. The highest BCUT2D eigenvalue weighted by molar-refractivity contribution is 6.88. The highest BCUT2D eigenvalue weighted by Gasteiger charge is 2.36. The van der Waals surface area contributed by atoms with Crippen LogP contribution in [0.1, 0.15) is 45.5 Å². The maximum absolute atomic E-state index is 5.18. The van der Waals surface area contributed by atoms with Crippen molar-refractivity contribution in [3.8, 4) is 0 Å². The van der Waals surface area contributed by atoms with Crippen LogP contribution in [0.15, 0.2) is 23.9 Å². The van der Waals surface area contributed by atoms with E-state index in [1.807, 2.05) is 6.20 Å². The van der Waals surface area contributed by atoms with Gasteiger partial charge in [-0.1, -0.05) is 46.0 Å². The number of aromatic nitrogens is 2. The Kier molecular flexibility index (Phi) is 3.33. The topological polar surface area (TPSA) is 25.8 Å². The molecule has 22 heavy (non-hydrogen) atoms. The minimum atomic E-state index is -1.45. The Morgan fingerprint density at radius 2 is 1.86 bits per heavy atom. The van der Waals surface area contributed by atoms with Crippen LogP contribution in [-0.4, -0.2) is 18.0 Å². The third-order valence-corrected chi connectivity index (χ3v) is 6.81. The molecule has 0 atom stereocenters. The van der Waals surface area contributed by atoms with Crippen molar-refractivity contribution in [2.24, 2.45) is 0 Å². The fourth-order valence-corrected chi connectivity index (χ4v) is 4.82. The number of nitrogens with zero attached hydrogens (tertiary/aromatic N) is 2. The molecule has 2 nitrogen and oxygen atoms in total. The van der Waals surface area contributed by atoms with Crippen LogP contribution in [0.3, 0.4) is 0 Å². The van der Waals surface area contributed by atoms with Gasteiger partial charge < -0.3 is 0 Å². The van der Waals surface area contributed by atoms with Gasteiger partial charge in [-0.3, -0.25) is 9.97 Å². The molecular weight excluding hydrogens is 284 g/mol. The predicted octanol–water partition coefficient (Wildman–Crippen LogP) is 4.65. The number of allylic oxidation sites excluding steroid dienone is 2. The third kappa shape index (κ3) is 2.06. The van der Waals surface area contributed by atoms with Crippen LogP contribution >= 0.6 is 0 Å². The molecule has 0 aromatic carbocycles. The van der Waals surface area contributed by atoms with E-state index >= 15 is 0 Å². The van der Waals surface area contributed by atoms with Crippen LogP contribution < -0.4 is 5.32 Å². The number of hydrogen-bond donors (Lipinski definition) is 0. The van der Waals surface area contributed by atoms with E-state index in [9.17, 15) is 0 Å². The van der Waals surface area contributed by atoms with E-state index in [1.165, 1.54) is 32.9 Å². The lowest BCUT2D eigenvalue weighted by atomic mass is 9.71. The molecule has 0 unspecified atom stereocenters. The van der Waals surface area contributed by atoms with Crippen molar-refractivity contribution in [3.63, 3.8) is 0 Å². The zero-order valence-corrected chi connectivity index (χ0v) is 15.8. The molecule has 0 saturated heterocycles. The van der Waals surface area contributed by atoms with Gasteiger partial charge in [0, 0.05) is 22.3 Å². The third-order valence-electron chi connectivity index (χ3n) is 5.02. The Labute approximate surface area is 134 Å². The lowest BCUT2D eigenvalue weighted by Crippen LogP contribution is -2.42. The number of rotatable bonds is 2. The van der Waals surface area contributed by atoms with Crippen molar-refractivity contribution in [1.82, 2.24) is 9.97 Å². The lowest BCUT2D eigenvalue weighted by Gasteiger charge is -2.35. The second-order valence-corrected chi connectivity index (χ2v) is 13.0. The van der Waals surface area contributed by atoms with Crippen LogP contribution in [0.25, 0.3) is 16.3 Å². The molecule has 0 spiro atoms. The summed E-state index contributed by atoms with van der Waals surface area (Å²) in [5.41, 5.74) is 5.17. The molecule has 1 aliphatic rings. The molecule has 3 heteroatoms. The van der Waals surface area contributed by atoms with Gasteiger partial charge in [-0.05, 0) is 36.4 Å². The molecule has 1 aliphatic carbocycles. The zero-order valence-electron chi connectivity index (χ0n) is 14.8. The molecule has 0 aliphatic heterocycles. The predicted molar refractivity (Wildman–Crippen MR) is 98.4 cm³/mol. The standard InChI is InChI=1S/C19H26N2Si/c1-8-14-12(2)17-16-13(9-10-20-17)11-15(22(5,6)7)21-18(16)19(14,3)4/h9-11H,8H2,1-7H3. The molecule has 0 N–H and O–H groups in total. The normalized spacial score (nSPS) is 17.2. The Hall–Kier alpha value is -1.48. The highest BCUT2D eigenvalue weighted by atomic mass is 28.3. The minimum Gasteiger partial charge on any atom is -0.261 e.